The van der Waals surface area contributed by atoms with Crippen molar-refractivity contribution in [3.05, 3.63) is 75.9 Å². The fourth-order valence-electron chi connectivity index (χ4n) is 3.22. The lowest BCUT2D eigenvalue weighted by Crippen LogP contribution is -2.40. The molecule has 3 rings (SSSR count). The summed E-state index contributed by atoms with van der Waals surface area (Å²) in [7, 11) is 0. The van der Waals surface area contributed by atoms with Crippen molar-refractivity contribution in [3.8, 4) is 6.07 Å². The summed E-state index contributed by atoms with van der Waals surface area (Å²) >= 11 is 11.8. The van der Waals surface area contributed by atoms with Crippen molar-refractivity contribution in [2.75, 3.05) is 18.4 Å². The zero-order valence-electron chi connectivity index (χ0n) is 15.9. The average molecular weight is 429 g/mol. The molecule has 1 aliphatic rings. The number of anilines is 1. The molecule has 150 valence electrons. The number of amides is 1. The van der Waals surface area contributed by atoms with Gasteiger partial charge >= 0.3 is 0 Å². The second-order valence-electron chi connectivity index (χ2n) is 6.96. The molecule has 1 fully saturated rings. The number of carbonyl (C=O) groups is 1. The molecule has 0 aromatic heterocycles. The SMILES string of the molecule is N#C/C(=C/NC1CCN(Cc2ccccc2)CC1)C(=O)Nc1ccc(Cl)c(Cl)c1. The van der Waals surface area contributed by atoms with Crippen LogP contribution in [0.2, 0.25) is 10.0 Å². The number of carbonyl (C=O) groups excluding carboxylic acids is 1. The Morgan fingerprint density at radius 2 is 1.86 bits per heavy atom. The van der Waals surface area contributed by atoms with Gasteiger partial charge in [-0.05, 0) is 36.6 Å². The van der Waals surface area contributed by atoms with E-state index in [1.165, 1.54) is 11.8 Å². The summed E-state index contributed by atoms with van der Waals surface area (Å²) in [6.07, 6.45) is 3.41. The highest BCUT2D eigenvalue weighted by molar-refractivity contribution is 6.42. The second-order valence-corrected chi connectivity index (χ2v) is 7.77. The molecule has 0 radical (unpaired) electrons. The summed E-state index contributed by atoms with van der Waals surface area (Å²) in [4.78, 5) is 14.8. The monoisotopic (exact) mass is 428 g/mol. The largest absolute Gasteiger partial charge is 0.387 e. The minimum absolute atomic E-state index is 0.0165. The van der Waals surface area contributed by atoms with Gasteiger partial charge in [-0.25, -0.2) is 0 Å². The standard InChI is InChI=1S/C22H22Cl2N4O/c23-20-7-6-19(12-21(20)24)27-22(29)17(13-25)14-26-18-8-10-28(11-9-18)15-16-4-2-1-3-5-16/h1-7,12,14,18,26H,8-11,15H2,(H,27,29)/b17-14-. The molecule has 0 bridgehead atoms. The van der Waals surface area contributed by atoms with Gasteiger partial charge in [-0.15, -0.1) is 0 Å². The predicted molar refractivity (Wildman–Crippen MR) is 117 cm³/mol. The zero-order chi connectivity index (χ0) is 20.6. The molecule has 2 aromatic rings. The normalized spacial score (nSPS) is 15.6. The van der Waals surface area contributed by atoms with Gasteiger partial charge in [0.1, 0.15) is 11.6 Å². The lowest BCUT2D eigenvalue weighted by atomic mass is 10.0. The first-order valence-electron chi connectivity index (χ1n) is 9.44. The molecule has 29 heavy (non-hydrogen) atoms. The van der Waals surface area contributed by atoms with Gasteiger partial charge in [-0.3, -0.25) is 9.69 Å². The van der Waals surface area contributed by atoms with Crippen LogP contribution >= 0.6 is 23.2 Å². The Labute approximate surface area is 180 Å². The van der Waals surface area contributed by atoms with E-state index in [4.69, 9.17) is 23.2 Å². The summed E-state index contributed by atoms with van der Waals surface area (Å²) in [5.41, 5.74) is 1.81. The Morgan fingerprint density at radius 3 is 2.52 bits per heavy atom. The highest BCUT2D eigenvalue weighted by Crippen LogP contribution is 2.25. The first kappa shape index (κ1) is 21.2. The Balaban J connectivity index is 1.49. The molecule has 1 amide bonds. The molecule has 0 atom stereocenters. The van der Waals surface area contributed by atoms with Crippen LogP contribution in [0, 0.1) is 11.3 Å². The van der Waals surface area contributed by atoms with Crippen LogP contribution < -0.4 is 10.6 Å². The molecule has 2 N–H and O–H groups in total. The van der Waals surface area contributed by atoms with Gasteiger partial charge in [0.25, 0.3) is 5.91 Å². The van der Waals surface area contributed by atoms with E-state index in [0.29, 0.717) is 15.7 Å². The minimum Gasteiger partial charge on any atom is -0.387 e. The fraction of sp³-hybridized carbons (Fsp3) is 0.273. The Hall–Kier alpha value is -2.52. The third kappa shape index (κ3) is 6.23. The highest BCUT2D eigenvalue weighted by Gasteiger charge is 2.19. The molecule has 5 nitrogen and oxygen atoms in total. The van der Waals surface area contributed by atoms with Crippen LogP contribution in [0.25, 0.3) is 0 Å². The van der Waals surface area contributed by atoms with Gasteiger partial charge in [0, 0.05) is 37.6 Å². The molecule has 1 heterocycles. The molecular formula is C22H22Cl2N4O. The number of halogens is 2. The maximum atomic E-state index is 12.3. The first-order chi connectivity index (χ1) is 14.0. The number of nitriles is 1. The van der Waals surface area contributed by atoms with E-state index in [1.807, 2.05) is 12.1 Å². The number of piperidine rings is 1. The van der Waals surface area contributed by atoms with Crippen molar-refractivity contribution in [1.29, 1.82) is 5.26 Å². The lowest BCUT2D eigenvalue weighted by molar-refractivity contribution is -0.112. The Morgan fingerprint density at radius 1 is 1.14 bits per heavy atom. The number of nitrogens with one attached hydrogen (secondary N) is 2. The molecule has 2 aromatic carbocycles. The van der Waals surface area contributed by atoms with E-state index >= 15 is 0 Å². The quantitative estimate of drug-likeness (QED) is 0.521. The van der Waals surface area contributed by atoms with E-state index in [2.05, 4.69) is 39.8 Å². The molecule has 1 aliphatic heterocycles. The van der Waals surface area contributed by atoms with Crippen molar-refractivity contribution in [2.24, 2.45) is 0 Å². The molecular weight excluding hydrogens is 407 g/mol. The van der Waals surface area contributed by atoms with E-state index in [1.54, 1.807) is 18.2 Å². The Kier molecular flexibility index (Phi) is 7.54. The van der Waals surface area contributed by atoms with Crippen LogP contribution in [-0.2, 0) is 11.3 Å². The molecule has 0 spiro atoms. The van der Waals surface area contributed by atoms with Crippen molar-refractivity contribution >= 4 is 34.8 Å². The summed E-state index contributed by atoms with van der Waals surface area (Å²) in [5, 5.41) is 16.0. The summed E-state index contributed by atoms with van der Waals surface area (Å²) in [6.45, 7) is 2.88. The van der Waals surface area contributed by atoms with Crippen LogP contribution in [0.1, 0.15) is 18.4 Å². The van der Waals surface area contributed by atoms with E-state index in [0.717, 1.165) is 32.5 Å². The Bertz CT molecular complexity index is 916. The van der Waals surface area contributed by atoms with Gasteiger partial charge in [0.05, 0.1) is 10.0 Å². The van der Waals surface area contributed by atoms with Crippen LogP contribution in [0.5, 0.6) is 0 Å². The molecule has 0 aliphatic carbocycles. The number of nitrogens with zero attached hydrogens (tertiary/aromatic N) is 2. The topological polar surface area (TPSA) is 68.2 Å². The number of hydrogen-bond acceptors (Lipinski definition) is 4. The van der Waals surface area contributed by atoms with Crippen LogP contribution in [-0.4, -0.2) is 29.9 Å². The van der Waals surface area contributed by atoms with E-state index < -0.39 is 5.91 Å². The summed E-state index contributed by atoms with van der Waals surface area (Å²) < 4.78 is 0. The van der Waals surface area contributed by atoms with Crippen molar-refractivity contribution in [2.45, 2.75) is 25.4 Å². The van der Waals surface area contributed by atoms with E-state index in [9.17, 15) is 10.1 Å². The van der Waals surface area contributed by atoms with Crippen molar-refractivity contribution in [1.82, 2.24) is 10.2 Å². The first-order valence-corrected chi connectivity index (χ1v) is 10.2. The third-order valence-corrected chi connectivity index (χ3v) is 5.58. The highest BCUT2D eigenvalue weighted by atomic mass is 35.5. The van der Waals surface area contributed by atoms with Crippen LogP contribution in [0.3, 0.4) is 0 Å². The van der Waals surface area contributed by atoms with Crippen LogP contribution in [0.15, 0.2) is 60.3 Å². The third-order valence-electron chi connectivity index (χ3n) is 4.84. The van der Waals surface area contributed by atoms with Crippen molar-refractivity contribution < 1.29 is 4.79 Å². The van der Waals surface area contributed by atoms with Gasteiger partial charge in [-0.1, -0.05) is 53.5 Å². The zero-order valence-corrected chi connectivity index (χ0v) is 17.4. The van der Waals surface area contributed by atoms with Gasteiger partial charge in [-0.2, -0.15) is 5.26 Å². The summed E-state index contributed by atoms with van der Waals surface area (Å²) in [6, 6.07) is 17.4. The smallest absolute Gasteiger partial charge is 0.267 e. The van der Waals surface area contributed by atoms with Gasteiger partial charge in [0.2, 0.25) is 0 Å². The number of benzene rings is 2. The molecule has 7 heteroatoms. The number of rotatable bonds is 6. The minimum atomic E-state index is -0.486. The number of hydrogen-bond donors (Lipinski definition) is 2. The maximum Gasteiger partial charge on any atom is 0.267 e. The van der Waals surface area contributed by atoms with Crippen LogP contribution in [0.4, 0.5) is 5.69 Å². The van der Waals surface area contributed by atoms with Gasteiger partial charge < -0.3 is 10.6 Å². The summed E-state index contributed by atoms with van der Waals surface area (Å²) in [5.74, 6) is -0.486. The maximum absolute atomic E-state index is 12.3. The molecule has 0 unspecified atom stereocenters. The van der Waals surface area contributed by atoms with Crippen molar-refractivity contribution in [3.63, 3.8) is 0 Å². The second kappa shape index (κ2) is 10.3. The number of likely N-dealkylation sites (tertiary alicyclic amines) is 1. The fourth-order valence-corrected chi connectivity index (χ4v) is 3.52. The lowest BCUT2D eigenvalue weighted by Gasteiger charge is -2.32. The van der Waals surface area contributed by atoms with E-state index in [-0.39, 0.29) is 11.6 Å². The van der Waals surface area contributed by atoms with Gasteiger partial charge in [0.15, 0.2) is 0 Å². The predicted octanol–water partition coefficient (Wildman–Crippen LogP) is 4.59. The average Bonchev–Trinajstić information content (AvgIpc) is 2.73. The molecule has 1 saturated heterocycles. The molecule has 0 saturated carbocycles.